The van der Waals surface area contributed by atoms with Gasteiger partial charge in [-0.25, -0.2) is 0 Å². The smallest absolute Gasteiger partial charge is 0.239 e. The van der Waals surface area contributed by atoms with Gasteiger partial charge >= 0.3 is 0 Å². The van der Waals surface area contributed by atoms with E-state index in [2.05, 4.69) is 17.4 Å². The van der Waals surface area contributed by atoms with Gasteiger partial charge in [0.2, 0.25) is 5.91 Å². The lowest BCUT2D eigenvalue weighted by molar-refractivity contribution is -0.126. The van der Waals surface area contributed by atoms with E-state index in [0.717, 1.165) is 12.8 Å². The van der Waals surface area contributed by atoms with Gasteiger partial charge in [-0.1, -0.05) is 62.4 Å². The van der Waals surface area contributed by atoms with E-state index < -0.39 is 5.54 Å². The molecule has 0 radical (unpaired) electrons. The van der Waals surface area contributed by atoms with Crippen LogP contribution in [0.1, 0.15) is 50.5 Å². The molecule has 0 heterocycles. The topological polar surface area (TPSA) is 55.1 Å². The van der Waals surface area contributed by atoms with Crippen molar-refractivity contribution in [3.8, 4) is 0 Å². The summed E-state index contributed by atoms with van der Waals surface area (Å²) in [5, 5.41) is 2.77. The van der Waals surface area contributed by atoms with Gasteiger partial charge in [0, 0.05) is 7.05 Å². The van der Waals surface area contributed by atoms with Crippen LogP contribution >= 0.6 is 0 Å². The molecule has 1 aliphatic rings. The number of nitrogens with one attached hydrogen (secondary N) is 1. The standard InChI is InChI=1S/C18H28N2O/c1-20-17(21)18(19,14-16-10-6-3-7-11-16)13-12-15-8-4-2-5-9-15/h2,4-5,8-9,16H,3,6-7,10-14,19H2,1H3,(H,20,21). The van der Waals surface area contributed by atoms with Gasteiger partial charge in [-0.3, -0.25) is 4.79 Å². The van der Waals surface area contributed by atoms with E-state index >= 15 is 0 Å². The van der Waals surface area contributed by atoms with Crippen LogP contribution in [0.4, 0.5) is 0 Å². The fourth-order valence-electron chi connectivity index (χ4n) is 3.48. The highest BCUT2D eigenvalue weighted by atomic mass is 16.2. The molecule has 1 aromatic rings. The van der Waals surface area contributed by atoms with Crippen molar-refractivity contribution in [1.82, 2.24) is 5.32 Å². The zero-order chi connectivity index (χ0) is 15.1. The molecule has 0 spiro atoms. The minimum Gasteiger partial charge on any atom is -0.358 e. The van der Waals surface area contributed by atoms with E-state index in [-0.39, 0.29) is 5.91 Å². The number of nitrogens with two attached hydrogens (primary N) is 1. The van der Waals surface area contributed by atoms with Crippen molar-refractivity contribution in [2.24, 2.45) is 11.7 Å². The van der Waals surface area contributed by atoms with Crippen LogP contribution < -0.4 is 11.1 Å². The van der Waals surface area contributed by atoms with Gasteiger partial charge in [0.1, 0.15) is 0 Å². The maximum absolute atomic E-state index is 12.3. The molecule has 3 N–H and O–H groups in total. The highest BCUT2D eigenvalue weighted by Gasteiger charge is 2.35. The summed E-state index contributed by atoms with van der Waals surface area (Å²) in [6, 6.07) is 10.3. The normalized spacial score (nSPS) is 19.0. The molecule has 1 atom stereocenters. The number of hydrogen-bond acceptors (Lipinski definition) is 2. The van der Waals surface area contributed by atoms with Crippen LogP contribution in [0.5, 0.6) is 0 Å². The lowest BCUT2D eigenvalue weighted by Gasteiger charge is -2.33. The van der Waals surface area contributed by atoms with Crippen LogP contribution in [0.3, 0.4) is 0 Å². The van der Waals surface area contributed by atoms with Crippen LogP contribution in [-0.4, -0.2) is 18.5 Å². The van der Waals surface area contributed by atoms with Crippen LogP contribution in [0.2, 0.25) is 0 Å². The Balaban J connectivity index is 1.99. The summed E-state index contributed by atoms with van der Waals surface area (Å²) in [5.41, 5.74) is 7.04. The van der Waals surface area contributed by atoms with Crippen molar-refractivity contribution in [3.63, 3.8) is 0 Å². The average Bonchev–Trinajstić information content (AvgIpc) is 2.54. The van der Waals surface area contributed by atoms with Crippen molar-refractivity contribution >= 4 is 5.91 Å². The minimum atomic E-state index is -0.730. The lowest BCUT2D eigenvalue weighted by Crippen LogP contribution is -2.54. The molecular formula is C18H28N2O. The second-order valence-corrected chi connectivity index (χ2v) is 6.43. The number of hydrogen-bond donors (Lipinski definition) is 2. The number of aryl methyl sites for hydroxylation is 1. The molecular weight excluding hydrogens is 260 g/mol. The van der Waals surface area contributed by atoms with E-state index in [9.17, 15) is 4.79 Å². The molecule has 1 amide bonds. The summed E-state index contributed by atoms with van der Waals surface area (Å²) >= 11 is 0. The largest absolute Gasteiger partial charge is 0.358 e. The molecule has 2 rings (SSSR count). The van der Waals surface area contributed by atoms with Gasteiger partial charge < -0.3 is 11.1 Å². The Morgan fingerprint density at radius 1 is 1.24 bits per heavy atom. The molecule has 1 aliphatic carbocycles. The molecule has 21 heavy (non-hydrogen) atoms. The molecule has 1 fully saturated rings. The second-order valence-electron chi connectivity index (χ2n) is 6.43. The molecule has 1 unspecified atom stereocenters. The van der Waals surface area contributed by atoms with Gasteiger partial charge in [0.25, 0.3) is 0 Å². The van der Waals surface area contributed by atoms with Gasteiger partial charge in [-0.2, -0.15) is 0 Å². The molecule has 1 saturated carbocycles. The first-order valence-electron chi connectivity index (χ1n) is 8.19. The quantitative estimate of drug-likeness (QED) is 0.845. The third kappa shape index (κ3) is 4.57. The Kier molecular flexibility index (Phi) is 5.80. The second kappa shape index (κ2) is 7.60. The Labute approximate surface area is 128 Å². The maximum atomic E-state index is 12.3. The highest BCUT2D eigenvalue weighted by Crippen LogP contribution is 2.31. The number of rotatable bonds is 6. The van der Waals surface area contributed by atoms with Crippen LogP contribution in [-0.2, 0) is 11.2 Å². The lowest BCUT2D eigenvalue weighted by atomic mass is 9.77. The maximum Gasteiger partial charge on any atom is 0.239 e. The van der Waals surface area contributed by atoms with Crippen molar-refractivity contribution in [2.75, 3.05) is 7.05 Å². The molecule has 0 bridgehead atoms. The van der Waals surface area contributed by atoms with Crippen molar-refractivity contribution in [2.45, 2.75) is 56.9 Å². The first kappa shape index (κ1) is 16.0. The van der Waals surface area contributed by atoms with E-state index in [1.54, 1.807) is 7.05 Å². The predicted octanol–water partition coefficient (Wildman–Crippen LogP) is 3.03. The third-order valence-corrected chi connectivity index (χ3v) is 4.76. The van der Waals surface area contributed by atoms with Gasteiger partial charge in [0.05, 0.1) is 5.54 Å². The monoisotopic (exact) mass is 288 g/mol. The van der Waals surface area contributed by atoms with Gasteiger partial charge in [0.15, 0.2) is 0 Å². The summed E-state index contributed by atoms with van der Waals surface area (Å²) in [6.07, 6.45) is 8.74. The number of carbonyl (C=O) groups is 1. The van der Waals surface area contributed by atoms with Crippen molar-refractivity contribution in [1.29, 1.82) is 0 Å². The minimum absolute atomic E-state index is 0.0102. The van der Waals surface area contributed by atoms with Gasteiger partial charge in [-0.15, -0.1) is 0 Å². The summed E-state index contributed by atoms with van der Waals surface area (Å²) in [4.78, 5) is 12.3. The number of carbonyl (C=O) groups excluding carboxylic acids is 1. The van der Waals surface area contributed by atoms with Gasteiger partial charge in [-0.05, 0) is 30.7 Å². The fourth-order valence-corrected chi connectivity index (χ4v) is 3.48. The van der Waals surface area contributed by atoms with Crippen LogP contribution in [0.15, 0.2) is 30.3 Å². The van der Waals surface area contributed by atoms with Crippen molar-refractivity contribution in [3.05, 3.63) is 35.9 Å². The van der Waals surface area contributed by atoms with Crippen molar-refractivity contribution < 1.29 is 4.79 Å². The number of amides is 1. The SMILES string of the molecule is CNC(=O)C(N)(CCc1ccccc1)CC1CCCCC1. The average molecular weight is 288 g/mol. The summed E-state index contributed by atoms with van der Waals surface area (Å²) in [5.74, 6) is 0.598. The number of benzene rings is 1. The zero-order valence-electron chi connectivity index (χ0n) is 13.1. The Morgan fingerprint density at radius 2 is 1.90 bits per heavy atom. The third-order valence-electron chi connectivity index (χ3n) is 4.76. The first-order chi connectivity index (χ1) is 10.1. The number of likely N-dealkylation sites (N-methyl/N-ethyl adjacent to an activating group) is 1. The van der Waals surface area contributed by atoms with E-state index in [4.69, 9.17) is 5.73 Å². The molecule has 116 valence electrons. The molecule has 0 saturated heterocycles. The Hall–Kier alpha value is -1.35. The summed E-state index contributed by atoms with van der Waals surface area (Å²) in [6.45, 7) is 0. The molecule has 0 aliphatic heterocycles. The summed E-state index contributed by atoms with van der Waals surface area (Å²) in [7, 11) is 1.69. The summed E-state index contributed by atoms with van der Waals surface area (Å²) < 4.78 is 0. The Morgan fingerprint density at radius 3 is 2.52 bits per heavy atom. The molecule has 3 heteroatoms. The van der Waals surface area contributed by atoms with E-state index in [1.165, 1.54) is 37.7 Å². The van der Waals surface area contributed by atoms with E-state index in [1.807, 2.05) is 18.2 Å². The highest BCUT2D eigenvalue weighted by molar-refractivity contribution is 5.85. The zero-order valence-corrected chi connectivity index (χ0v) is 13.1. The van der Waals surface area contributed by atoms with Crippen LogP contribution in [0, 0.1) is 5.92 Å². The first-order valence-corrected chi connectivity index (χ1v) is 8.19. The molecule has 3 nitrogen and oxygen atoms in total. The van der Waals surface area contributed by atoms with E-state index in [0.29, 0.717) is 12.3 Å². The molecule has 0 aromatic heterocycles. The Bertz CT molecular complexity index is 440. The fraction of sp³-hybridized carbons (Fsp3) is 0.611. The molecule has 1 aromatic carbocycles. The predicted molar refractivity (Wildman–Crippen MR) is 86.9 cm³/mol. The van der Waals surface area contributed by atoms with Crippen LogP contribution in [0.25, 0.3) is 0 Å².